The number of ether oxygens (including phenoxy) is 3. The Labute approximate surface area is 149 Å². The Bertz CT molecular complexity index is 671. The standard InChI is InChI=1S/C18H18BrNO4/c19-15-6-8-16(9-7-15)24-13-18(11-22-12-18)20-17(21)23-10-14-4-2-1-3-5-14/h1-9H,10-13H2,(H,20,21). The molecule has 0 saturated carbocycles. The van der Waals surface area contributed by atoms with Crippen LogP contribution in [0.15, 0.2) is 59.1 Å². The van der Waals surface area contributed by atoms with Crippen molar-refractivity contribution in [3.8, 4) is 5.75 Å². The van der Waals surface area contributed by atoms with Crippen LogP contribution in [-0.4, -0.2) is 31.5 Å². The SMILES string of the molecule is O=C(NC1(COc2ccc(Br)cc2)COC1)OCc1ccccc1. The van der Waals surface area contributed by atoms with Crippen molar-refractivity contribution in [1.82, 2.24) is 5.32 Å². The van der Waals surface area contributed by atoms with Gasteiger partial charge in [-0.15, -0.1) is 0 Å². The van der Waals surface area contributed by atoms with Crippen LogP contribution < -0.4 is 10.1 Å². The lowest BCUT2D eigenvalue weighted by molar-refractivity contribution is -0.0901. The van der Waals surface area contributed by atoms with Gasteiger partial charge < -0.3 is 19.5 Å². The van der Waals surface area contributed by atoms with Crippen molar-refractivity contribution in [1.29, 1.82) is 0 Å². The van der Waals surface area contributed by atoms with Crippen molar-refractivity contribution in [2.75, 3.05) is 19.8 Å². The minimum absolute atomic E-state index is 0.233. The molecule has 0 radical (unpaired) electrons. The largest absolute Gasteiger partial charge is 0.491 e. The maximum atomic E-state index is 12.0. The number of nitrogens with one attached hydrogen (secondary N) is 1. The van der Waals surface area contributed by atoms with E-state index in [2.05, 4.69) is 21.2 Å². The van der Waals surface area contributed by atoms with E-state index in [0.29, 0.717) is 19.8 Å². The van der Waals surface area contributed by atoms with E-state index in [1.165, 1.54) is 0 Å². The summed E-state index contributed by atoms with van der Waals surface area (Å²) in [6.45, 7) is 1.38. The Balaban J connectivity index is 1.49. The van der Waals surface area contributed by atoms with E-state index in [0.717, 1.165) is 15.8 Å². The summed E-state index contributed by atoms with van der Waals surface area (Å²) in [5, 5.41) is 2.86. The summed E-state index contributed by atoms with van der Waals surface area (Å²) in [4.78, 5) is 12.0. The monoisotopic (exact) mass is 391 g/mol. The van der Waals surface area contributed by atoms with Gasteiger partial charge in [-0.25, -0.2) is 4.79 Å². The first-order valence-electron chi connectivity index (χ1n) is 7.60. The second kappa shape index (κ2) is 7.68. The molecule has 24 heavy (non-hydrogen) atoms. The Morgan fingerprint density at radius 2 is 1.83 bits per heavy atom. The predicted molar refractivity (Wildman–Crippen MR) is 92.9 cm³/mol. The number of carbonyl (C=O) groups is 1. The van der Waals surface area contributed by atoms with Crippen LogP contribution in [0.2, 0.25) is 0 Å². The van der Waals surface area contributed by atoms with Crippen molar-refractivity contribution in [3.05, 3.63) is 64.6 Å². The van der Waals surface area contributed by atoms with Crippen LogP contribution >= 0.6 is 15.9 Å². The van der Waals surface area contributed by atoms with Gasteiger partial charge in [-0.1, -0.05) is 46.3 Å². The highest BCUT2D eigenvalue weighted by molar-refractivity contribution is 9.10. The van der Waals surface area contributed by atoms with Crippen LogP contribution in [0.3, 0.4) is 0 Å². The zero-order valence-corrected chi connectivity index (χ0v) is 14.6. The van der Waals surface area contributed by atoms with E-state index >= 15 is 0 Å². The van der Waals surface area contributed by atoms with E-state index in [9.17, 15) is 4.79 Å². The summed E-state index contributed by atoms with van der Waals surface area (Å²) >= 11 is 3.38. The van der Waals surface area contributed by atoms with Gasteiger partial charge in [0.25, 0.3) is 0 Å². The molecule has 2 aromatic rings. The number of rotatable bonds is 6. The molecular weight excluding hydrogens is 374 g/mol. The molecule has 1 amide bonds. The summed E-state index contributed by atoms with van der Waals surface area (Å²) < 4.78 is 17.3. The molecule has 1 fully saturated rings. The highest BCUT2D eigenvalue weighted by atomic mass is 79.9. The average molecular weight is 392 g/mol. The molecule has 0 atom stereocenters. The fraction of sp³-hybridized carbons (Fsp3) is 0.278. The number of hydrogen-bond acceptors (Lipinski definition) is 4. The number of hydrogen-bond donors (Lipinski definition) is 1. The third-order valence-corrected chi connectivity index (χ3v) is 4.19. The number of alkyl carbamates (subject to hydrolysis) is 1. The Morgan fingerprint density at radius 3 is 2.46 bits per heavy atom. The quantitative estimate of drug-likeness (QED) is 0.818. The molecule has 2 aromatic carbocycles. The van der Waals surface area contributed by atoms with Crippen molar-refractivity contribution in [2.45, 2.75) is 12.1 Å². The van der Waals surface area contributed by atoms with E-state index in [4.69, 9.17) is 14.2 Å². The third-order valence-electron chi connectivity index (χ3n) is 3.67. The average Bonchev–Trinajstić information content (AvgIpc) is 2.58. The van der Waals surface area contributed by atoms with E-state index < -0.39 is 11.6 Å². The Morgan fingerprint density at radius 1 is 1.12 bits per heavy atom. The second-order valence-corrected chi connectivity index (χ2v) is 6.62. The third kappa shape index (κ3) is 4.49. The van der Waals surface area contributed by atoms with Crippen LogP contribution in [-0.2, 0) is 16.1 Å². The fourth-order valence-corrected chi connectivity index (χ4v) is 2.53. The zero-order valence-electron chi connectivity index (χ0n) is 13.0. The molecule has 1 aliphatic rings. The van der Waals surface area contributed by atoms with Gasteiger partial charge in [0.05, 0.1) is 13.2 Å². The molecule has 1 heterocycles. The maximum absolute atomic E-state index is 12.0. The van der Waals surface area contributed by atoms with Crippen LogP contribution in [0.5, 0.6) is 5.75 Å². The van der Waals surface area contributed by atoms with Crippen molar-refractivity contribution in [2.24, 2.45) is 0 Å². The molecule has 1 aliphatic heterocycles. The van der Waals surface area contributed by atoms with Crippen molar-refractivity contribution < 1.29 is 19.0 Å². The number of halogens is 1. The van der Waals surface area contributed by atoms with Gasteiger partial charge in [-0.05, 0) is 29.8 Å². The van der Waals surface area contributed by atoms with Crippen LogP contribution in [0.25, 0.3) is 0 Å². The smallest absolute Gasteiger partial charge is 0.408 e. The van der Waals surface area contributed by atoms with Gasteiger partial charge in [-0.2, -0.15) is 0 Å². The van der Waals surface area contributed by atoms with Gasteiger partial charge in [0.2, 0.25) is 0 Å². The Hall–Kier alpha value is -2.05. The lowest BCUT2D eigenvalue weighted by Gasteiger charge is -2.40. The normalized spacial score (nSPS) is 15.2. The van der Waals surface area contributed by atoms with Crippen LogP contribution in [0.4, 0.5) is 4.79 Å². The summed E-state index contributed by atoms with van der Waals surface area (Å²) in [6, 6.07) is 17.1. The summed E-state index contributed by atoms with van der Waals surface area (Å²) in [5.41, 5.74) is 0.401. The van der Waals surface area contributed by atoms with Gasteiger partial charge in [0.15, 0.2) is 0 Å². The van der Waals surface area contributed by atoms with Gasteiger partial charge in [0, 0.05) is 4.47 Å². The lowest BCUT2D eigenvalue weighted by Crippen LogP contribution is -2.65. The molecule has 5 nitrogen and oxygen atoms in total. The molecule has 0 aliphatic carbocycles. The maximum Gasteiger partial charge on any atom is 0.408 e. The fourth-order valence-electron chi connectivity index (χ4n) is 2.27. The summed E-state index contributed by atoms with van der Waals surface area (Å²) in [6.07, 6.45) is -0.471. The molecule has 0 unspecified atom stereocenters. The molecule has 1 N–H and O–H groups in total. The van der Waals surface area contributed by atoms with E-state index in [1.54, 1.807) is 0 Å². The minimum atomic E-state index is -0.541. The summed E-state index contributed by atoms with van der Waals surface area (Å²) in [5.74, 6) is 0.740. The van der Waals surface area contributed by atoms with Crippen molar-refractivity contribution in [3.63, 3.8) is 0 Å². The van der Waals surface area contributed by atoms with Crippen molar-refractivity contribution >= 4 is 22.0 Å². The molecule has 6 heteroatoms. The van der Waals surface area contributed by atoms with Crippen LogP contribution in [0.1, 0.15) is 5.56 Å². The van der Waals surface area contributed by atoms with E-state index in [1.807, 2.05) is 54.6 Å². The number of benzene rings is 2. The van der Waals surface area contributed by atoms with Gasteiger partial charge >= 0.3 is 6.09 Å². The zero-order chi connectivity index (χ0) is 16.8. The molecule has 1 saturated heterocycles. The summed E-state index contributed by atoms with van der Waals surface area (Å²) in [7, 11) is 0. The van der Waals surface area contributed by atoms with Crippen LogP contribution in [0, 0.1) is 0 Å². The van der Waals surface area contributed by atoms with Gasteiger partial charge in [-0.3, -0.25) is 0 Å². The number of carbonyl (C=O) groups excluding carboxylic acids is 1. The first kappa shape index (κ1) is 16.8. The van der Waals surface area contributed by atoms with Gasteiger partial charge in [0.1, 0.15) is 24.5 Å². The second-order valence-electron chi connectivity index (χ2n) is 5.70. The Kier molecular flexibility index (Phi) is 5.37. The first-order chi connectivity index (χ1) is 11.7. The lowest BCUT2D eigenvalue weighted by atomic mass is 9.99. The first-order valence-corrected chi connectivity index (χ1v) is 8.40. The molecule has 126 valence electrons. The molecule has 0 aromatic heterocycles. The molecule has 0 spiro atoms. The molecule has 3 rings (SSSR count). The van der Waals surface area contributed by atoms with E-state index in [-0.39, 0.29) is 6.61 Å². The number of amides is 1. The highest BCUT2D eigenvalue weighted by Crippen LogP contribution is 2.21. The minimum Gasteiger partial charge on any atom is -0.491 e. The predicted octanol–water partition coefficient (Wildman–Crippen LogP) is 3.52. The highest BCUT2D eigenvalue weighted by Gasteiger charge is 2.41. The molecule has 0 bridgehead atoms. The topological polar surface area (TPSA) is 56.8 Å². The molecular formula is C18H18BrNO4.